The smallest absolute Gasteiger partial charge is 0.310 e. The lowest BCUT2D eigenvalue weighted by atomic mass is 10.1. The van der Waals surface area contributed by atoms with Gasteiger partial charge in [-0.3, -0.25) is 4.79 Å². The Balaban J connectivity index is 2.23. The summed E-state index contributed by atoms with van der Waals surface area (Å²) < 4.78 is 28.5. The van der Waals surface area contributed by atoms with E-state index in [0.717, 1.165) is 5.56 Å². The lowest BCUT2D eigenvalue weighted by molar-refractivity contribution is -0.140. The van der Waals surface area contributed by atoms with Gasteiger partial charge in [0.15, 0.2) is 0 Å². The highest BCUT2D eigenvalue weighted by Crippen LogP contribution is 2.29. The summed E-state index contributed by atoms with van der Waals surface area (Å²) in [6, 6.07) is 2.72. The van der Waals surface area contributed by atoms with E-state index in [-0.39, 0.29) is 11.3 Å². The zero-order valence-corrected chi connectivity index (χ0v) is 15.0. The first-order chi connectivity index (χ1) is 9.70. The third kappa shape index (κ3) is 3.74. The summed E-state index contributed by atoms with van der Waals surface area (Å²) in [4.78, 5) is 11.0. The summed E-state index contributed by atoms with van der Waals surface area (Å²) in [5, 5.41) is 8.92. The standard InChI is InChI=1S/C13H13Br2NO4S/c1-7-4-11(15)12(6-10(7)14)21(19,20)16-9-3-2-8(5-9)13(17)18/h2-4,6,8-9,16H,5H2,1H3,(H,17,18). The quantitative estimate of drug-likeness (QED) is 0.708. The summed E-state index contributed by atoms with van der Waals surface area (Å²) in [5.74, 6) is -1.60. The van der Waals surface area contributed by atoms with Crippen LogP contribution >= 0.6 is 31.9 Å². The van der Waals surface area contributed by atoms with E-state index in [0.29, 0.717) is 8.95 Å². The fourth-order valence-electron chi connectivity index (χ4n) is 2.07. The predicted molar refractivity (Wildman–Crippen MR) is 85.6 cm³/mol. The summed E-state index contributed by atoms with van der Waals surface area (Å²) in [6.45, 7) is 1.86. The van der Waals surface area contributed by atoms with Crippen molar-refractivity contribution in [2.24, 2.45) is 5.92 Å². The van der Waals surface area contributed by atoms with Crippen molar-refractivity contribution in [3.63, 3.8) is 0 Å². The highest BCUT2D eigenvalue weighted by Gasteiger charge is 2.29. The molecule has 0 heterocycles. The van der Waals surface area contributed by atoms with Crippen LogP contribution in [0.25, 0.3) is 0 Å². The van der Waals surface area contributed by atoms with E-state index in [1.165, 1.54) is 12.1 Å². The lowest BCUT2D eigenvalue weighted by Crippen LogP contribution is -2.33. The van der Waals surface area contributed by atoms with Crippen LogP contribution < -0.4 is 4.72 Å². The molecule has 8 heteroatoms. The monoisotopic (exact) mass is 437 g/mol. The van der Waals surface area contributed by atoms with Crippen LogP contribution in [0.2, 0.25) is 0 Å². The Bertz CT molecular complexity index is 715. The second-order valence-electron chi connectivity index (χ2n) is 4.82. The first-order valence-corrected chi connectivity index (χ1v) is 9.16. The number of halogens is 2. The third-order valence-electron chi connectivity index (χ3n) is 3.21. The largest absolute Gasteiger partial charge is 0.481 e. The number of sulfonamides is 1. The maximum absolute atomic E-state index is 12.4. The molecule has 2 rings (SSSR count). The van der Waals surface area contributed by atoms with Crippen LogP contribution in [0.4, 0.5) is 0 Å². The molecule has 1 aliphatic carbocycles. The highest BCUT2D eigenvalue weighted by atomic mass is 79.9. The van der Waals surface area contributed by atoms with Crippen molar-refractivity contribution >= 4 is 47.9 Å². The number of hydrogen-bond donors (Lipinski definition) is 2. The molecule has 0 fully saturated rings. The van der Waals surface area contributed by atoms with E-state index < -0.39 is 28.0 Å². The number of carboxylic acid groups (broad SMARTS) is 1. The average molecular weight is 439 g/mol. The Labute approximate surface area is 139 Å². The average Bonchev–Trinajstić information content (AvgIpc) is 2.81. The van der Waals surface area contributed by atoms with Gasteiger partial charge >= 0.3 is 5.97 Å². The van der Waals surface area contributed by atoms with Crippen molar-refractivity contribution in [2.75, 3.05) is 0 Å². The molecule has 0 spiro atoms. The number of benzene rings is 1. The zero-order valence-electron chi connectivity index (χ0n) is 11.0. The molecule has 2 atom stereocenters. The van der Waals surface area contributed by atoms with Crippen LogP contribution in [0.3, 0.4) is 0 Å². The van der Waals surface area contributed by atoms with Gasteiger partial charge in [-0.05, 0) is 47.0 Å². The van der Waals surface area contributed by atoms with Crippen LogP contribution in [0.15, 0.2) is 38.1 Å². The first kappa shape index (κ1) is 16.7. The van der Waals surface area contributed by atoms with Gasteiger partial charge in [0, 0.05) is 15.0 Å². The molecule has 21 heavy (non-hydrogen) atoms. The van der Waals surface area contributed by atoms with Gasteiger partial charge in [-0.15, -0.1) is 0 Å². The fraction of sp³-hybridized carbons (Fsp3) is 0.308. The molecule has 1 aromatic rings. The Morgan fingerprint density at radius 3 is 2.52 bits per heavy atom. The minimum atomic E-state index is -3.73. The van der Waals surface area contributed by atoms with Crippen LogP contribution in [-0.2, 0) is 14.8 Å². The third-order valence-corrected chi connectivity index (χ3v) is 6.51. The van der Waals surface area contributed by atoms with E-state index in [9.17, 15) is 13.2 Å². The van der Waals surface area contributed by atoms with Crippen LogP contribution in [0, 0.1) is 12.8 Å². The Hall–Kier alpha value is -0.700. The van der Waals surface area contributed by atoms with Crippen molar-refractivity contribution in [3.05, 3.63) is 38.8 Å². The summed E-state index contributed by atoms with van der Waals surface area (Å²) >= 11 is 6.56. The molecule has 1 aliphatic rings. The van der Waals surface area contributed by atoms with Gasteiger partial charge < -0.3 is 5.11 Å². The molecule has 114 valence electrons. The second-order valence-corrected chi connectivity index (χ2v) is 8.22. The van der Waals surface area contributed by atoms with Crippen molar-refractivity contribution in [2.45, 2.75) is 24.3 Å². The first-order valence-electron chi connectivity index (χ1n) is 6.10. The second kappa shape index (κ2) is 6.20. The van der Waals surface area contributed by atoms with Gasteiger partial charge in [0.2, 0.25) is 10.0 Å². The topological polar surface area (TPSA) is 83.5 Å². The number of carbonyl (C=O) groups is 1. The maximum Gasteiger partial charge on any atom is 0.310 e. The molecule has 2 N–H and O–H groups in total. The molecule has 0 aromatic heterocycles. The summed E-state index contributed by atoms with van der Waals surface area (Å²) in [7, 11) is -3.73. The molecule has 2 unspecified atom stereocenters. The van der Waals surface area contributed by atoms with Crippen molar-refractivity contribution in [3.8, 4) is 0 Å². The van der Waals surface area contributed by atoms with Crippen LogP contribution in [0.5, 0.6) is 0 Å². The molecule has 0 bridgehead atoms. The molecule has 0 aliphatic heterocycles. The van der Waals surface area contributed by atoms with E-state index in [4.69, 9.17) is 5.11 Å². The van der Waals surface area contributed by atoms with Gasteiger partial charge in [0.1, 0.15) is 0 Å². The van der Waals surface area contributed by atoms with Gasteiger partial charge in [0.25, 0.3) is 0 Å². The van der Waals surface area contributed by atoms with Gasteiger partial charge in [0.05, 0.1) is 10.8 Å². The SMILES string of the molecule is Cc1cc(Br)c(S(=O)(=O)NC2C=CC(C(=O)O)C2)cc1Br. The molecular formula is C13H13Br2NO4S. The van der Waals surface area contributed by atoms with Crippen LogP contribution in [0.1, 0.15) is 12.0 Å². The van der Waals surface area contributed by atoms with Crippen LogP contribution in [-0.4, -0.2) is 25.5 Å². The molecule has 0 saturated carbocycles. The Kier molecular flexibility index (Phi) is 4.92. The number of rotatable bonds is 4. The number of hydrogen-bond acceptors (Lipinski definition) is 3. The van der Waals surface area contributed by atoms with Gasteiger partial charge in [-0.1, -0.05) is 28.1 Å². The zero-order chi connectivity index (χ0) is 15.8. The van der Waals surface area contributed by atoms with Crippen molar-refractivity contribution < 1.29 is 18.3 Å². The lowest BCUT2D eigenvalue weighted by Gasteiger charge is -2.14. The molecule has 0 radical (unpaired) electrons. The normalized spacial score (nSPS) is 21.7. The Morgan fingerprint density at radius 1 is 1.29 bits per heavy atom. The molecular weight excluding hydrogens is 426 g/mol. The number of carboxylic acids is 1. The number of aryl methyl sites for hydroxylation is 1. The highest BCUT2D eigenvalue weighted by molar-refractivity contribution is 9.11. The molecule has 0 saturated heterocycles. The Morgan fingerprint density at radius 2 is 1.95 bits per heavy atom. The minimum Gasteiger partial charge on any atom is -0.481 e. The fourth-order valence-corrected chi connectivity index (χ4v) is 4.95. The molecule has 5 nitrogen and oxygen atoms in total. The minimum absolute atomic E-state index is 0.118. The van der Waals surface area contributed by atoms with Crippen molar-refractivity contribution in [1.82, 2.24) is 4.72 Å². The van der Waals surface area contributed by atoms with Gasteiger partial charge in [-0.2, -0.15) is 0 Å². The summed E-state index contributed by atoms with van der Waals surface area (Å²) in [6.07, 6.45) is 3.31. The number of nitrogens with one attached hydrogen (secondary N) is 1. The predicted octanol–water partition coefficient (Wildman–Crippen LogP) is 2.83. The van der Waals surface area contributed by atoms with E-state index in [1.54, 1.807) is 12.1 Å². The molecule has 1 aromatic carbocycles. The number of aliphatic carboxylic acids is 1. The van der Waals surface area contributed by atoms with E-state index in [1.807, 2.05) is 6.92 Å². The van der Waals surface area contributed by atoms with E-state index in [2.05, 4.69) is 36.6 Å². The van der Waals surface area contributed by atoms with Gasteiger partial charge in [-0.25, -0.2) is 13.1 Å². The van der Waals surface area contributed by atoms with E-state index >= 15 is 0 Å². The maximum atomic E-state index is 12.4. The summed E-state index contributed by atoms with van der Waals surface area (Å²) in [5.41, 5.74) is 0.910. The molecule has 0 amide bonds. The van der Waals surface area contributed by atoms with Crippen molar-refractivity contribution in [1.29, 1.82) is 0 Å².